The van der Waals surface area contributed by atoms with E-state index in [0.717, 1.165) is 18.7 Å². The zero-order valence-electron chi connectivity index (χ0n) is 12.7. The average molecular weight is 289 g/mol. The molecule has 4 heteroatoms. The van der Waals surface area contributed by atoms with Crippen LogP contribution in [0.25, 0.3) is 0 Å². The predicted octanol–water partition coefficient (Wildman–Crippen LogP) is 1.65. The monoisotopic (exact) mass is 289 g/mol. The number of ether oxygens (including phenoxy) is 1. The first-order chi connectivity index (χ1) is 10.2. The van der Waals surface area contributed by atoms with E-state index < -0.39 is 11.9 Å². The SMILES string of the molecule is CCN(CC)CC#CCOC(=O)[C@H](CO)c1ccccc1. The summed E-state index contributed by atoms with van der Waals surface area (Å²) in [6, 6.07) is 9.12. The van der Waals surface area contributed by atoms with E-state index in [1.165, 1.54) is 0 Å². The average Bonchev–Trinajstić information content (AvgIpc) is 2.52. The minimum absolute atomic E-state index is 0.0590. The molecular weight excluding hydrogens is 266 g/mol. The molecule has 0 saturated carbocycles. The molecule has 1 aromatic carbocycles. The molecule has 21 heavy (non-hydrogen) atoms. The van der Waals surface area contributed by atoms with Crippen molar-refractivity contribution in [2.24, 2.45) is 0 Å². The number of hydrogen-bond acceptors (Lipinski definition) is 4. The van der Waals surface area contributed by atoms with Gasteiger partial charge in [-0.1, -0.05) is 56.0 Å². The highest BCUT2D eigenvalue weighted by molar-refractivity contribution is 5.78. The van der Waals surface area contributed by atoms with Gasteiger partial charge in [-0.25, -0.2) is 0 Å². The maximum Gasteiger partial charge on any atom is 0.316 e. The molecule has 0 bridgehead atoms. The Labute approximate surface area is 126 Å². The van der Waals surface area contributed by atoms with E-state index >= 15 is 0 Å². The topological polar surface area (TPSA) is 49.8 Å². The van der Waals surface area contributed by atoms with E-state index in [1.807, 2.05) is 18.2 Å². The highest BCUT2D eigenvalue weighted by atomic mass is 16.5. The third-order valence-electron chi connectivity index (χ3n) is 3.28. The Morgan fingerprint density at radius 2 is 1.90 bits per heavy atom. The highest BCUT2D eigenvalue weighted by Gasteiger charge is 2.20. The van der Waals surface area contributed by atoms with Crippen LogP contribution in [0, 0.1) is 11.8 Å². The van der Waals surface area contributed by atoms with Crippen LogP contribution in [-0.4, -0.2) is 48.8 Å². The largest absolute Gasteiger partial charge is 0.452 e. The zero-order chi connectivity index (χ0) is 15.5. The number of benzene rings is 1. The Hall–Kier alpha value is -1.83. The molecule has 0 aliphatic carbocycles. The first-order valence-electron chi connectivity index (χ1n) is 7.23. The van der Waals surface area contributed by atoms with Gasteiger partial charge in [0.2, 0.25) is 0 Å². The second-order valence-electron chi connectivity index (χ2n) is 4.57. The standard InChI is InChI=1S/C17H23NO3/c1-3-18(4-2)12-8-9-13-21-17(20)16(14-19)15-10-6-5-7-11-15/h5-7,10-11,16,19H,3-4,12-14H2,1-2H3/t16-/m1/s1. The lowest BCUT2D eigenvalue weighted by atomic mass is 10.0. The first kappa shape index (κ1) is 17.2. The van der Waals surface area contributed by atoms with E-state index in [-0.39, 0.29) is 13.2 Å². The van der Waals surface area contributed by atoms with Crippen molar-refractivity contribution in [3.05, 3.63) is 35.9 Å². The molecular formula is C17H23NO3. The molecule has 0 radical (unpaired) electrons. The van der Waals surface area contributed by atoms with Crippen LogP contribution in [-0.2, 0) is 9.53 Å². The summed E-state index contributed by atoms with van der Waals surface area (Å²) in [5.74, 6) is 4.72. The minimum atomic E-state index is -0.643. The van der Waals surface area contributed by atoms with E-state index in [2.05, 4.69) is 30.6 Å². The number of rotatable bonds is 7. The summed E-state index contributed by atoms with van der Waals surface area (Å²) in [7, 11) is 0. The van der Waals surface area contributed by atoms with Crippen LogP contribution >= 0.6 is 0 Å². The third kappa shape index (κ3) is 5.99. The van der Waals surface area contributed by atoms with Crippen molar-refractivity contribution in [3.63, 3.8) is 0 Å². The molecule has 0 aliphatic heterocycles. The number of aliphatic hydroxyl groups excluding tert-OH is 1. The fourth-order valence-corrected chi connectivity index (χ4v) is 1.88. The van der Waals surface area contributed by atoms with Crippen LogP contribution in [0.5, 0.6) is 0 Å². The van der Waals surface area contributed by atoms with E-state index in [9.17, 15) is 9.90 Å². The second kappa shape index (κ2) is 9.98. The van der Waals surface area contributed by atoms with Gasteiger partial charge in [0.15, 0.2) is 6.61 Å². The van der Waals surface area contributed by atoms with Crippen LogP contribution in [0.1, 0.15) is 25.3 Å². The van der Waals surface area contributed by atoms with Crippen molar-refractivity contribution in [3.8, 4) is 11.8 Å². The van der Waals surface area contributed by atoms with Gasteiger partial charge in [-0.3, -0.25) is 9.69 Å². The summed E-state index contributed by atoms with van der Waals surface area (Å²) in [5.41, 5.74) is 0.751. The molecule has 4 nitrogen and oxygen atoms in total. The van der Waals surface area contributed by atoms with Gasteiger partial charge >= 0.3 is 5.97 Å². The van der Waals surface area contributed by atoms with Gasteiger partial charge < -0.3 is 9.84 Å². The number of carbonyl (C=O) groups is 1. The Balaban J connectivity index is 2.44. The second-order valence-corrected chi connectivity index (χ2v) is 4.57. The summed E-state index contributed by atoms with van der Waals surface area (Å²) < 4.78 is 5.11. The Morgan fingerprint density at radius 3 is 2.48 bits per heavy atom. The number of hydrogen-bond donors (Lipinski definition) is 1. The lowest BCUT2D eigenvalue weighted by Gasteiger charge is -2.13. The predicted molar refractivity (Wildman–Crippen MR) is 82.8 cm³/mol. The van der Waals surface area contributed by atoms with Crippen LogP contribution in [0.15, 0.2) is 30.3 Å². The molecule has 1 rings (SSSR count). The molecule has 0 saturated heterocycles. The summed E-state index contributed by atoms with van der Waals surface area (Å²) >= 11 is 0. The third-order valence-corrected chi connectivity index (χ3v) is 3.28. The van der Waals surface area contributed by atoms with E-state index in [1.54, 1.807) is 12.1 Å². The molecule has 114 valence electrons. The molecule has 0 spiro atoms. The number of carbonyl (C=O) groups excluding carboxylic acids is 1. The van der Waals surface area contributed by atoms with Crippen molar-refractivity contribution in [1.82, 2.24) is 4.90 Å². The van der Waals surface area contributed by atoms with Crippen LogP contribution in [0.3, 0.4) is 0 Å². The Bertz CT molecular complexity index is 472. The van der Waals surface area contributed by atoms with Crippen molar-refractivity contribution < 1.29 is 14.6 Å². The lowest BCUT2D eigenvalue weighted by Crippen LogP contribution is -2.23. The molecule has 0 heterocycles. The van der Waals surface area contributed by atoms with Crippen LogP contribution in [0.2, 0.25) is 0 Å². The summed E-state index contributed by atoms with van der Waals surface area (Å²) in [6.07, 6.45) is 0. The van der Waals surface area contributed by atoms with Crippen molar-refractivity contribution in [1.29, 1.82) is 0 Å². The summed E-state index contributed by atoms with van der Waals surface area (Å²) in [5, 5.41) is 9.35. The number of nitrogens with zero attached hydrogens (tertiary/aromatic N) is 1. The van der Waals surface area contributed by atoms with Gasteiger partial charge in [0.05, 0.1) is 13.2 Å². The van der Waals surface area contributed by atoms with Gasteiger partial charge in [0, 0.05) is 0 Å². The van der Waals surface area contributed by atoms with Crippen LogP contribution in [0.4, 0.5) is 0 Å². The highest BCUT2D eigenvalue weighted by Crippen LogP contribution is 2.16. The molecule has 0 aromatic heterocycles. The van der Waals surface area contributed by atoms with Gasteiger partial charge in [-0.05, 0) is 18.7 Å². The van der Waals surface area contributed by atoms with Gasteiger partial charge in [-0.15, -0.1) is 0 Å². The van der Waals surface area contributed by atoms with E-state index in [4.69, 9.17) is 4.74 Å². The molecule has 0 aliphatic rings. The normalized spacial score (nSPS) is 11.6. The van der Waals surface area contributed by atoms with Crippen molar-refractivity contribution in [2.45, 2.75) is 19.8 Å². The molecule has 1 N–H and O–H groups in total. The molecule has 0 amide bonds. The Kier molecular flexibility index (Phi) is 8.18. The smallest absolute Gasteiger partial charge is 0.316 e. The quantitative estimate of drug-likeness (QED) is 0.612. The molecule has 1 atom stereocenters. The molecule has 0 fully saturated rings. The zero-order valence-corrected chi connectivity index (χ0v) is 12.7. The maximum absolute atomic E-state index is 11.9. The first-order valence-corrected chi connectivity index (χ1v) is 7.23. The summed E-state index contributed by atoms with van der Waals surface area (Å²) in [4.78, 5) is 14.1. The summed E-state index contributed by atoms with van der Waals surface area (Å²) in [6.45, 7) is 6.52. The lowest BCUT2D eigenvalue weighted by molar-refractivity contribution is -0.145. The maximum atomic E-state index is 11.9. The van der Waals surface area contributed by atoms with Crippen molar-refractivity contribution >= 4 is 5.97 Å². The number of esters is 1. The fourth-order valence-electron chi connectivity index (χ4n) is 1.88. The Morgan fingerprint density at radius 1 is 1.24 bits per heavy atom. The van der Waals surface area contributed by atoms with Gasteiger partial charge in [-0.2, -0.15) is 0 Å². The molecule has 1 aromatic rings. The van der Waals surface area contributed by atoms with Crippen molar-refractivity contribution in [2.75, 3.05) is 32.8 Å². The minimum Gasteiger partial charge on any atom is -0.452 e. The fraction of sp³-hybridized carbons (Fsp3) is 0.471. The van der Waals surface area contributed by atoms with E-state index in [0.29, 0.717) is 6.54 Å². The van der Waals surface area contributed by atoms with Gasteiger partial charge in [0.1, 0.15) is 5.92 Å². The van der Waals surface area contributed by atoms with Crippen LogP contribution < -0.4 is 0 Å². The molecule has 0 unspecified atom stereocenters. The number of aliphatic hydroxyl groups is 1. The van der Waals surface area contributed by atoms with Gasteiger partial charge in [0.25, 0.3) is 0 Å².